The van der Waals surface area contributed by atoms with Crippen LogP contribution < -0.4 is 5.32 Å². The van der Waals surface area contributed by atoms with Crippen LogP contribution in [0.25, 0.3) is 0 Å². The summed E-state index contributed by atoms with van der Waals surface area (Å²) in [4.78, 5) is 22.9. The summed E-state index contributed by atoms with van der Waals surface area (Å²) >= 11 is 3.24. The number of carboxylic acids is 1. The Bertz CT molecular complexity index is 483. The number of carbonyl (C=O) groups excluding carboxylic acids is 1. The van der Waals surface area contributed by atoms with Crippen molar-refractivity contribution in [2.75, 3.05) is 11.9 Å². The van der Waals surface area contributed by atoms with Crippen LogP contribution in [-0.2, 0) is 9.53 Å². The number of ether oxygens (including phenoxy) is 1. The zero-order valence-corrected chi connectivity index (χ0v) is 11.1. The third-order valence-corrected chi connectivity index (χ3v) is 3.19. The molecule has 2 rings (SSSR count). The smallest absolute Gasteiger partial charge is 0.337 e. The maximum atomic E-state index is 11.9. The lowest BCUT2D eigenvalue weighted by molar-refractivity contribution is -0.124. The first-order valence-electron chi connectivity index (χ1n) is 5.53. The fourth-order valence-corrected chi connectivity index (χ4v) is 2.17. The summed E-state index contributed by atoms with van der Waals surface area (Å²) in [5.74, 6) is -1.38. The lowest BCUT2D eigenvalue weighted by Gasteiger charge is -2.12. The Balaban J connectivity index is 2.19. The Kier molecular flexibility index (Phi) is 3.98. The number of carboxylic acid groups (broad SMARTS) is 1. The molecule has 0 saturated carbocycles. The van der Waals surface area contributed by atoms with Crippen LogP contribution in [0.15, 0.2) is 22.7 Å². The number of nitrogens with one attached hydrogen (secondary N) is 1. The quantitative estimate of drug-likeness (QED) is 0.897. The van der Waals surface area contributed by atoms with Crippen molar-refractivity contribution in [3.05, 3.63) is 28.2 Å². The Morgan fingerprint density at radius 1 is 1.44 bits per heavy atom. The van der Waals surface area contributed by atoms with E-state index < -0.39 is 12.1 Å². The van der Waals surface area contributed by atoms with Gasteiger partial charge in [-0.15, -0.1) is 0 Å². The molecule has 0 aliphatic carbocycles. The van der Waals surface area contributed by atoms with Crippen molar-refractivity contribution in [3.8, 4) is 0 Å². The van der Waals surface area contributed by atoms with Crippen molar-refractivity contribution in [3.63, 3.8) is 0 Å². The average Bonchev–Trinajstić information content (AvgIpc) is 2.81. The van der Waals surface area contributed by atoms with E-state index in [-0.39, 0.29) is 17.2 Å². The van der Waals surface area contributed by atoms with E-state index in [1.165, 1.54) is 6.07 Å². The SMILES string of the molecule is O=C(O)c1ccc(Br)cc1NC(=O)[C@@H]1CCCO1. The maximum Gasteiger partial charge on any atom is 0.337 e. The van der Waals surface area contributed by atoms with E-state index in [1.54, 1.807) is 12.1 Å². The van der Waals surface area contributed by atoms with Gasteiger partial charge in [0.2, 0.25) is 0 Å². The van der Waals surface area contributed by atoms with Crippen molar-refractivity contribution in [1.29, 1.82) is 0 Å². The van der Waals surface area contributed by atoms with E-state index in [1.807, 2.05) is 0 Å². The standard InChI is InChI=1S/C12H12BrNO4/c13-7-3-4-8(12(16)17)9(6-7)14-11(15)10-2-1-5-18-10/h3-4,6,10H,1-2,5H2,(H,14,15)(H,16,17)/t10-/m0/s1. The van der Waals surface area contributed by atoms with Crippen LogP contribution in [-0.4, -0.2) is 29.7 Å². The summed E-state index contributed by atoms with van der Waals surface area (Å²) in [5.41, 5.74) is 0.335. The lowest BCUT2D eigenvalue weighted by atomic mass is 10.1. The molecule has 0 unspecified atom stereocenters. The number of halogens is 1. The number of aromatic carboxylic acids is 1. The first-order valence-corrected chi connectivity index (χ1v) is 6.32. The van der Waals surface area contributed by atoms with E-state index in [0.717, 1.165) is 6.42 Å². The molecule has 0 spiro atoms. The highest BCUT2D eigenvalue weighted by atomic mass is 79.9. The molecule has 1 heterocycles. The normalized spacial score (nSPS) is 18.6. The third kappa shape index (κ3) is 2.88. The molecular formula is C12H12BrNO4. The van der Waals surface area contributed by atoms with Gasteiger partial charge in [0.1, 0.15) is 6.10 Å². The van der Waals surface area contributed by atoms with Gasteiger partial charge in [0, 0.05) is 11.1 Å². The van der Waals surface area contributed by atoms with Crippen molar-refractivity contribution in [1.82, 2.24) is 0 Å². The molecule has 1 aromatic rings. The molecule has 6 heteroatoms. The number of benzene rings is 1. The van der Waals surface area contributed by atoms with Gasteiger partial charge < -0.3 is 15.2 Å². The highest BCUT2D eigenvalue weighted by Crippen LogP contribution is 2.23. The van der Waals surface area contributed by atoms with Crippen LogP contribution in [0.2, 0.25) is 0 Å². The Morgan fingerprint density at radius 2 is 2.22 bits per heavy atom. The molecule has 0 bridgehead atoms. The van der Waals surface area contributed by atoms with Gasteiger partial charge in [-0.1, -0.05) is 15.9 Å². The topological polar surface area (TPSA) is 75.6 Å². The predicted octanol–water partition coefficient (Wildman–Crippen LogP) is 2.26. The molecule has 18 heavy (non-hydrogen) atoms. The summed E-state index contributed by atoms with van der Waals surface area (Å²) in [6, 6.07) is 4.62. The van der Waals surface area contributed by atoms with Gasteiger partial charge in [-0.3, -0.25) is 4.79 Å². The second-order valence-electron chi connectivity index (χ2n) is 3.99. The molecule has 1 aliphatic heterocycles. The fourth-order valence-electron chi connectivity index (χ4n) is 1.80. The molecule has 1 amide bonds. The van der Waals surface area contributed by atoms with Gasteiger partial charge in [-0.05, 0) is 31.0 Å². The van der Waals surface area contributed by atoms with Crippen LogP contribution in [0.4, 0.5) is 5.69 Å². The first kappa shape index (κ1) is 13.0. The minimum absolute atomic E-state index is 0.0598. The van der Waals surface area contributed by atoms with Gasteiger partial charge in [0.15, 0.2) is 0 Å². The number of rotatable bonds is 3. The van der Waals surface area contributed by atoms with Gasteiger partial charge in [0.25, 0.3) is 5.91 Å². The highest BCUT2D eigenvalue weighted by molar-refractivity contribution is 9.10. The summed E-state index contributed by atoms with van der Waals surface area (Å²) < 4.78 is 5.95. The fraction of sp³-hybridized carbons (Fsp3) is 0.333. The average molecular weight is 314 g/mol. The predicted molar refractivity (Wildman–Crippen MR) is 68.7 cm³/mol. The second-order valence-corrected chi connectivity index (χ2v) is 4.90. The van der Waals surface area contributed by atoms with Crippen LogP contribution in [0, 0.1) is 0 Å². The largest absolute Gasteiger partial charge is 0.478 e. The molecule has 1 aromatic carbocycles. The number of carbonyl (C=O) groups is 2. The molecule has 96 valence electrons. The molecule has 1 fully saturated rings. The molecule has 0 aromatic heterocycles. The van der Waals surface area contributed by atoms with E-state index >= 15 is 0 Å². The minimum atomic E-state index is -1.08. The van der Waals surface area contributed by atoms with Crippen LogP contribution in [0.5, 0.6) is 0 Å². The molecule has 1 saturated heterocycles. The number of anilines is 1. The molecular weight excluding hydrogens is 302 g/mol. The maximum absolute atomic E-state index is 11.9. The van der Waals surface area contributed by atoms with Crippen molar-refractivity contribution < 1.29 is 19.4 Å². The molecule has 1 aliphatic rings. The van der Waals surface area contributed by atoms with Crippen molar-refractivity contribution in [2.24, 2.45) is 0 Å². The van der Waals surface area contributed by atoms with Gasteiger partial charge in [-0.25, -0.2) is 4.79 Å². The molecule has 2 N–H and O–H groups in total. The van der Waals surface area contributed by atoms with E-state index in [4.69, 9.17) is 9.84 Å². The van der Waals surface area contributed by atoms with E-state index in [9.17, 15) is 9.59 Å². The molecule has 1 atom stereocenters. The van der Waals surface area contributed by atoms with Crippen LogP contribution >= 0.6 is 15.9 Å². The van der Waals surface area contributed by atoms with Gasteiger partial charge in [-0.2, -0.15) is 0 Å². The number of amides is 1. The summed E-state index contributed by atoms with van der Waals surface area (Å²) in [7, 11) is 0. The van der Waals surface area contributed by atoms with E-state index in [2.05, 4.69) is 21.2 Å². The zero-order chi connectivity index (χ0) is 13.1. The van der Waals surface area contributed by atoms with Gasteiger partial charge >= 0.3 is 5.97 Å². The summed E-state index contributed by atoms with van der Waals surface area (Å²) in [6.07, 6.45) is 1.04. The van der Waals surface area contributed by atoms with Gasteiger partial charge in [0.05, 0.1) is 11.3 Å². The van der Waals surface area contributed by atoms with E-state index in [0.29, 0.717) is 17.5 Å². The number of hydrogen-bond donors (Lipinski definition) is 2. The van der Waals surface area contributed by atoms with Crippen molar-refractivity contribution >= 4 is 33.5 Å². The monoisotopic (exact) mass is 313 g/mol. The highest BCUT2D eigenvalue weighted by Gasteiger charge is 2.24. The first-order chi connectivity index (χ1) is 8.58. The summed E-state index contributed by atoms with van der Waals surface area (Å²) in [6.45, 7) is 0.572. The minimum Gasteiger partial charge on any atom is -0.478 e. The van der Waals surface area contributed by atoms with Crippen LogP contribution in [0.3, 0.4) is 0 Å². The number of hydrogen-bond acceptors (Lipinski definition) is 3. The lowest BCUT2D eigenvalue weighted by Crippen LogP contribution is -2.27. The zero-order valence-electron chi connectivity index (χ0n) is 9.48. The molecule has 0 radical (unpaired) electrons. The second kappa shape index (κ2) is 5.49. The molecule has 5 nitrogen and oxygen atoms in total. The Hall–Kier alpha value is -1.40. The Labute approximate surface area is 112 Å². The van der Waals surface area contributed by atoms with Crippen molar-refractivity contribution in [2.45, 2.75) is 18.9 Å². The third-order valence-electron chi connectivity index (χ3n) is 2.69. The van der Waals surface area contributed by atoms with Crippen LogP contribution in [0.1, 0.15) is 23.2 Å². The summed E-state index contributed by atoms with van der Waals surface area (Å²) in [5, 5.41) is 11.6. The Morgan fingerprint density at radius 3 is 2.83 bits per heavy atom.